The molecular weight excluding hydrogens is 516 g/mol. The van der Waals surface area contributed by atoms with Crippen LogP contribution in [0.1, 0.15) is 0 Å². The van der Waals surface area contributed by atoms with Crippen molar-refractivity contribution in [2.75, 3.05) is 48.6 Å². The maximum atomic E-state index is 11.9. The molecule has 0 heterocycles. The second kappa shape index (κ2) is 15.7. The van der Waals surface area contributed by atoms with Crippen LogP contribution in [0.15, 0.2) is 60.7 Å². The molecule has 0 unspecified atom stereocenters. The first-order valence-electron chi connectivity index (χ1n) is 9.41. The van der Waals surface area contributed by atoms with E-state index >= 15 is 0 Å². The molecule has 164 valence electrons. The number of halogens is 2. The van der Waals surface area contributed by atoms with E-state index < -0.39 is 0 Å². The number of anilines is 2. The lowest BCUT2D eigenvalue weighted by Gasteiger charge is -2.17. The number of ether oxygens (including phenoxy) is 2. The van der Waals surface area contributed by atoms with Crippen LogP contribution in [0.2, 0.25) is 0 Å². The molecule has 0 spiro atoms. The average molecular weight is 544 g/mol. The van der Waals surface area contributed by atoms with Crippen LogP contribution in [0.3, 0.4) is 0 Å². The van der Waals surface area contributed by atoms with E-state index in [4.69, 9.17) is 4.74 Å². The minimum Gasteiger partial charge on any atom is -0.469 e. The third kappa shape index (κ3) is 10.1. The van der Waals surface area contributed by atoms with Gasteiger partial charge in [-0.05, 0) is 24.3 Å². The molecule has 0 saturated heterocycles. The third-order valence-electron chi connectivity index (χ3n) is 4.09. The van der Waals surface area contributed by atoms with E-state index in [1.165, 1.54) is 14.2 Å². The first-order chi connectivity index (χ1) is 14.5. The minimum absolute atomic E-state index is 0.0602. The van der Waals surface area contributed by atoms with E-state index in [0.29, 0.717) is 23.7 Å². The van der Waals surface area contributed by atoms with Crippen LogP contribution in [0.4, 0.5) is 11.4 Å². The highest BCUT2D eigenvalue weighted by Crippen LogP contribution is 2.10. The van der Waals surface area contributed by atoms with Gasteiger partial charge in [-0.1, -0.05) is 68.3 Å². The van der Waals surface area contributed by atoms with Crippen molar-refractivity contribution in [1.29, 1.82) is 0 Å². The van der Waals surface area contributed by atoms with E-state index in [9.17, 15) is 9.59 Å². The lowest BCUT2D eigenvalue weighted by molar-refractivity contribution is -0.145. The summed E-state index contributed by atoms with van der Waals surface area (Å²) >= 11 is 6.37. The maximum absolute atomic E-state index is 11.9. The molecule has 2 aromatic carbocycles. The highest BCUT2D eigenvalue weighted by molar-refractivity contribution is 9.09. The van der Waals surface area contributed by atoms with Crippen LogP contribution >= 0.6 is 31.9 Å². The molecule has 0 aliphatic rings. The number of alkyl halides is 2. The topological polar surface area (TPSA) is 76.7 Å². The maximum Gasteiger partial charge on any atom is 0.312 e. The zero-order valence-electron chi connectivity index (χ0n) is 17.1. The van der Waals surface area contributed by atoms with Gasteiger partial charge in [0, 0.05) is 35.1 Å². The molecule has 0 bridgehead atoms. The molecule has 0 aliphatic heterocycles. The van der Waals surface area contributed by atoms with Gasteiger partial charge >= 0.3 is 11.9 Å². The SMILES string of the molecule is COC(=O)C(CBr)CBr.COC(=O)C(CNc1ccccc1)CNc1ccccc1. The monoisotopic (exact) mass is 542 g/mol. The average Bonchev–Trinajstić information content (AvgIpc) is 2.81. The fraction of sp³-hybridized carbons (Fsp3) is 0.364. The summed E-state index contributed by atoms with van der Waals surface area (Å²) in [7, 11) is 2.81. The molecule has 0 saturated carbocycles. The number of hydrogen-bond acceptors (Lipinski definition) is 6. The van der Waals surface area contributed by atoms with E-state index in [2.05, 4.69) is 47.2 Å². The van der Waals surface area contributed by atoms with E-state index in [0.717, 1.165) is 11.4 Å². The van der Waals surface area contributed by atoms with Gasteiger partial charge in [0.15, 0.2) is 0 Å². The summed E-state index contributed by atoms with van der Waals surface area (Å²) in [5.74, 6) is -0.712. The summed E-state index contributed by atoms with van der Waals surface area (Å²) in [5.41, 5.74) is 1.98. The van der Waals surface area contributed by atoms with Crippen LogP contribution in [-0.4, -0.2) is 49.9 Å². The van der Waals surface area contributed by atoms with Gasteiger partial charge in [0.1, 0.15) is 0 Å². The Balaban J connectivity index is 0.000000424. The molecule has 2 N–H and O–H groups in total. The summed E-state index contributed by atoms with van der Waals surface area (Å²) in [6, 6.07) is 19.6. The number of carbonyl (C=O) groups is 2. The molecule has 8 heteroatoms. The van der Waals surface area contributed by atoms with Crippen molar-refractivity contribution in [3.8, 4) is 0 Å². The molecule has 0 amide bonds. The second-order valence-electron chi connectivity index (χ2n) is 6.24. The molecule has 2 aromatic rings. The van der Waals surface area contributed by atoms with Crippen LogP contribution in [0.25, 0.3) is 0 Å². The Bertz CT molecular complexity index is 685. The van der Waals surface area contributed by atoms with E-state index in [1.807, 2.05) is 60.7 Å². The molecule has 0 radical (unpaired) electrons. The van der Waals surface area contributed by atoms with Crippen molar-refractivity contribution >= 4 is 55.2 Å². The van der Waals surface area contributed by atoms with Gasteiger partial charge in [-0.3, -0.25) is 9.59 Å². The Labute approximate surface area is 195 Å². The van der Waals surface area contributed by atoms with Gasteiger partial charge in [-0.2, -0.15) is 0 Å². The normalized spacial score (nSPS) is 10.1. The lowest BCUT2D eigenvalue weighted by atomic mass is 10.1. The van der Waals surface area contributed by atoms with Crippen LogP contribution in [0.5, 0.6) is 0 Å². The largest absolute Gasteiger partial charge is 0.469 e. The van der Waals surface area contributed by atoms with Crippen molar-refractivity contribution in [3.63, 3.8) is 0 Å². The predicted octanol–water partition coefficient (Wildman–Crippen LogP) is 4.57. The quantitative estimate of drug-likeness (QED) is 0.338. The highest BCUT2D eigenvalue weighted by atomic mass is 79.9. The summed E-state index contributed by atoms with van der Waals surface area (Å²) in [6.45, 7) is 1.05. The summed E-state index contributed by atoms with van der Waals surface area (Å²) in [6.07, 6.45) is 0. The zero-order chi connectivity index (χ0) is 22.2. The van der Waals surface area contributed by atoms with Crippen LogP contribution in [-0.2, 0) is 19.1 Å². The molecule has 0 aliphatic carbocycles. The molecule has 2 rings (SSSR count). The Morgan fingerprint density at radius 2 is 1.10 bits per heavy atom. The Hall–Kier alpha value is -2.06. The Morgan fingerprint density at radius 1 is 0.733 bits per heavy atom. The fourth-order valence-electron chi connectivity index (χ4n) is 2.33. The van der Waals surface area contributed by atoms with Gasteiger partial charge in [0.25, 0.3) is 0 Å². The van der Waals surface area contributed by atoms with Gasteiger partial charge in [0.2, 0.25) is 0 Å². The second-order valence-corrected chi connectivity index (χ2v) is 7.54. The van der Waals surface area contributed by atoms with Crippen LogP contribution in [0, 0.1) is 11.8 Å². The number of benzene rings is 2. The predicted molar refractivity (Wildman–Crippen MR) is 128 cm³/mol. The van der Waals surface area contributed by atoms with Crippen molar-refractivity contribution in [2.45, 2.75) is 0 Å². The van der Waals surface area contributed by atoms with Crippen molar-refractivity contribution in [2.24, 2.45) is 11.8 Å². The zero-order valence-corrected chi connectivity index (χ0v) is 20.3. The summed E-state index contributed by atoms with van der Waals surface area (Å²) < 4.78 is 9.37. The summed E-state index contributed by atoms with van der Waals surface area (Å²) in [5, 5.41) is 7.80. The minimum atomic E-state index is -0.254. The van der Waals surface area contributed by atoms with E-state index in [1.54, 1.807) is 0 Å². The Morgan fingerprint density at radius 3 is 1.40 bits per heavy atom. The third-order valence-corrected chi connectivity index (χ3v) is 5.66. The molecule has 0 aromatic heterocycles. The molecule has 0 fully saturated rings. The number of carbonyl (C=O) groups excluding carboxylic acids is 2. The molecule has 0 atom stereocenters. The first-order valence-corrected chi connectivity index (χ1v) is 11.6. The van der Waals surface area contributed by atoms with Gasteiger partial charge < -0.3 is 20.1 Å². The van der Waals surface area contributed by atoms with Crippen molar-refractivity contribution < 1.29 is 19.1 Å². The number of esters is 2. The molecule has 30 heavy (non-hydrogen) atoms. The van der Waals surface area contributed by atoms with Gasteiger partial charge in [-0.15, -0.1) is 0 Å². The molecule has 6 nitrogen and oxygen atoms in total. The molecular formula is C22H28Br2N2O4. The van der Waals surface area contributed by atoms with Crippen molar-refractivity contribution in [1.82, 2.24) is 0 Å². The highest BCUT2D eigenvalue weighted by Gasteiger charge is 2.18. The number of nitrogens with one attached hydrogen (secondary N) is 2. The Kier molecular flexibility index (Phi) is 13.6. The van der Waals surface area contributed by atoms with Gasteiger partial charge in [-0.25, -0.2) is 0 Å². The number of rotatable bonds is 10. The fourth-order valence-corrected chi connectivity index (χ4v) is 3.93. The number of methoxy groups -OCH3 is 2. The standard InChI is InChI=1S/C17H20N2O2.C5H8Br2O2/c1-21-17(20)14(12-18-15-8-4-2-5-9-15)13-19-16-10-6-3-7-11-16;1-9-5(8)4(2-6)3-7/h2-11,14,18-19H,12-13H2,1H3;4H,2-3H2,1H3. The number of hydrogen-bond donors (Lipinski definition) is 2. The van der Waals surface area contributed by atoms with Gasteiger partial charge in [0.05, 0.1) is 26.1 Å². The van der Waals surface area contributed by atoms with Crippen LogP contribution < -0.4 is 10.6 Å². The summed E-state index contributed by atoms with van der Waals surface area (Å²) in [4.78, 5) is 22.5. The van der Waals surface area contributed by atoms with Crippen molar-refractivity contribution in [3.05, 3.63) is 60.7 Å². The van der Waals surface area contributed by atoms with E-state index in [-0.39, 0.29) is 23.8 Å². The lowest BCUT2D eigenvalue weighted by Crippen LogP contribution is -2.30. The first kappa shape index (κ1) is 26.0. The number of para-hydroxylation sites is 2. The smallest absolute Gasteiger partial charge is 0.312 e.